The molecular formula is C8H12BN3O4. The first kappa shape index (κ1) is 11.5. The summed E-state index contributed by atoms with van der Waals surface area (Å²) in [4.78, 5) is 0. The van der Waals surface area contributed by atoms with Crippen molar-refractivity contribution in [3.63, 3.8) is 0 Å². The molecule has 2 radical (unpaired) electrons. The van der Waals surface area contributed by atoms with Crippen molar-refractivity contribution >= 4 is 7.85 Å². The van der Waals surface area contributed by atoms with Crippen molar-refractivity contribution in [3.8, 4) is 0 Å². The zero-order chi connectivity index (χ0) is 11.7. The van der Waals surface area contributed by atoms with Gasteiger partial charge in [-0.2, -0.15) is 0 Å². The second-order valence-electron chi connectivity index (χ2n) is 3.68. The Bertz CT molecular complexity index is 336. The molecule has 8 heteroatoms. The minimum Gasteiger partial charge on any atom is -0.394 e. The van der Waals surface area contributed by atoms with Crippen molar-refractivity contribution in [2.24, 2.45) is 0 Å². The summed E-state index contributed by atoms with van der Waals surface area (Å²) in [5.41, 5.74) is 0. The SMILES string of the molecule is [B]C1OC(CO)C(O)C(n2ccnn2)C1O. The van der Waals surface area contributed by atoms with Gasteiger partial charge in [-0.15, -0.1) is 5.10 Å². The van der Waals surface area contributed by atoms with Gasteiger partial charge in [0.25, 0.3) is 0 Å². The summed E-state index contributed by atoms with van der Waals surface area (Å²) in [5.74, 6) is 0. The number of hydrogen-bond donors (Lipinski definition) is 3. The third-order valence-corrected chi connectivity index (χ3v) is 2.68. The van der Waals surface area contributed by atoms with Crippen molar-refractivity contribution in [2.75, 3.05) is 6.61 Å². The van der Waals surface area contributed by atoms with Gasteiger partial charge in [-0.1, -0.05) is 5.21 Å². The number of hydrogen-bond acceptors (Lipinski definition) is 6. The standard InChI is InChI=1S/C8H12BN3O4/c9-8-7(15)5(12-2-1-10-11-12)6(14)4(3-13)16-8/h1-2,4-8,13-15H,3H2. The zero-order valence-corrected chi connectivity index (χ0v) is 8.42. The van der Waals surface area contributed by atoms with Gasteiger partial charge in [-0.05, 0) is 0 Å². The lowest BCUT2D eigenvalue weighted by molar-refractivity contribution is -0.181. The molecule has 1 aromatic heterocycles. The fourth-order valence-electron chi connectivity index (χ4n) is 1.82. The average molecular weight is 225 g/mol. The Morgan fingerprint density at radius 3 is 2.69 bits per heavy atom. The lowest BCUT2D eigenvalue weighted by atomic mass is 9.83. The maximum Gasteiger partial charge on any atom is 0.112 e. The Kier molecular flexibility index (Phi) is 3.24. The van der Waals surface area contributed by atoms with E-state index in [1.54, 1.807) is 0 Å². The van der Waals surface area contributed by atoms with E-state index in [0.717, 1.165) is 0 Å². The predicted molar refractivity (Wildman–Crippen MR) is 52.6 cm³/mol. The first-order chi connectivity index (χ1) is 7.65. The molecule has 0 aromatic carbocycles. The monoisotopic (exact) mass is 225 g/mol. The van der Waals surface area contributed by atoms with Crippen LogP contribution in [0.25, 0.3) is 0 Å². The predicted octanol–water partition coefficient (Wildman–Crippen LogP) is -2.57. The van der Waals surface area contributed by atoms with Gasteiger partial charge < -0.3 is 20.1 Å². The van der Waals surface area contributed by atoms with Gasteiger partial charge in [0.1, 0.15) is 26.1 Å². The van der Waals surface area contributed by atoms with Gasteiger partial charge in [0.05, 0.1) is 18.9 Å². The van der Waals surface area contributed by atoms with Crippen LogP contribution in [0.3, 0.4) is 0 Å². The Balaban J connectivity index is 2.26. The normalized spacial score (nSPS) is 39.8. The van der Waals surface area contributed by atoms with Crippen LogP contribution in [0, 0.1) is 0 Å². The van der Waals surface area contributed by atoms with E-state index in [-0.39, 0.29) is 6.61 Å². The smallest absolute Gasteiger partial charge is 0.112 e. The molecule has 7 nitrogen and oxygen atoms in total. The van der Waals surface area contributed by atoms with Crippen molar-refractivity contribution in [1.82, 2.24) is 15.0 Å². The molecule has 1 fully saturated rings. The van der Waals surface area contributed by atoms with Crippen LogP contribution < -0.4 is 0 Å². The highest BCUT2D eigenvalue weighted by molar-refractivity contribution is 6.11. The van der Waals surface area contributed by atoms with Crippen LogP contribution in [0.1, 0.15) is 6.04 Å². The Hall–Kier alpha value is -0.955. The molecule has 0 spiro atoms. The fraction of sp³-hybridized carbons (Fsp3) is 0.750. The molecule has 86 valence electrons. The van der Waals surface area contributed by atoms with Crippen LogP contribution in [-0.2, 0) is 4.74 Å². The molecule has 2 heterocycles. The Morgan fingerprint density at radius 2 is 2.12 bits per heavy atom. The topological polar surface area (TPSA) is 101 Å². The number of ether oxygens (including phenoxy) is 1. The molecule has 0 amide bonds. The maximum atomic E-state index is 9.90. The molecule has 1 aliphatic heterocycles. The minimum absolute atomic E-state index is 0.382. The summed E-state index contributed by atoms with van der Waals surface area (Å²) < 4.78 is 6.36. The maximum absolute atomic E-state index is 9.90. The summed E-state index contributed by atoms with van der Waals surface area (Å²) in [6.45, 7) is -0.382. The van der Waals surface area contributed by atoms with Crippen molar-refractivity contribution < 1.29 is 20.1 Å². The highest BCUT2D eigenvalue weighted by Crippen LogP contribution is 2.28. The average Bonchev–Trinajstić information content (AvgIpc) is 2.77. The largest absolute Gasteiger partial charge is 0.394 e. The highest BCUT2D eigenvalue weighted by atomic mass is 16.5. The van der Waals surface area contributed by atoms with Gasteiger partial charge in [0.2, 0.25) is 0 Å². The molecular weight excluding hydrogens is 213 g/mol. The van der Waals surface area contributed by atoms with E-state index >= 15 is 0 Å². The molecule has 5 atom stereocenters. The van der Waals surface area contributed by atoms with E-state index in [1.165, 1.54) is 17.1 Å². The van der Waals surface area contributed by atoms with Crippen LogP contribution >= 0.6 is 0 Å². The summed E-state index contributed by atoms with van der Waals surface area (Å²) in [6, 6.07) is -1.75. The third-order valence-electron chi connectivity index (χ3n) is 2.68. The number of aliphatic hydroxyl groups excluding tert-OH is 3. The second kappa shape index (κ2) is 4.50. The number of nitrogens with zero attached hydrogens (tertiary/aromatic N) is 3. The van der Waals surface area contributed by atoms with Crippen LogP contribution in [-0.4, -0.2) is 69.1 Å². The third kappa shape index (κ3) is 1.84. The van der Waals surface area contributed by atoms with Crippen LogP contribution in [0.2, 0.25) is 0 Å². The molecule has 0 bridgehead atoms. The quantitative estimate of drug-likeness (QED) is 0.478. The molecule has 16 heavy (non-hydrogen) atoms. The molecule has 1 aromatic rings. The molecule has 1 aliphatic rings. The molecule has 5 unspecified atom stereocenters. The minimum atomic E-state index is -1.11. The first-order valence-electron chi connectivity index (χ1n) is 4.89. The summed E-state index contributed by atoms with van der Waals surface area (Å²) in [7, 11) is 5.55. The summed E-state index contributed by atoms with van der Waals surface area (Å²) in [6.07, 6.45) is -0.119. The van der Waals surface area contributed by atoms with E-state index in [4.69, 9.17) is 17.7 Å². The fourth-order valence-corrected chi connectivity index (χ4v) is 1.82. The lowest BCUT2D eigenvalue weighted by Crippen LogP contribution is -2.56. The molecule has 0 aliphatic carbocycles. The van der Waals surface area contributed by atoms with Gasteiger partial charge in [-0.25, -0.2) is 4.68 Å². The van der Waals surface area contributed by atoms with Crippen LogP contribution in [0.4, 0.5) is 0 Å². The van der Waals surface area contributed by atoms with Gasteiger partial charge in [0.15, 0.2) is 0 Å². The lowest BCUT2D eigenvalue weighted by Gasteiger charge is -2.41. The second-order valence-corrected chi connectivity index (χ2v) is 3.68. The van der Waals surface area contributed by atoms with E-state index in [2.05, 4.69) is 10.3 Å². The van der Waals surface area contributed by atoms with Crippen molar-refractivity contribution in [2.45, 2.75) is 30.4 Å². The van der Waals surface area contributed by atoms with E-state index in [0.29, 0.717) is 0 Å². The Labute approximate surface area is 93.1 Å². The first-order valence-corrected chi connectivity index (χ1v) is 4.89. The van der Waals surface area contributed by atoms with Gasteiger partial charge in [-0.3, -0.25) is 0 Å². The number of aromatic nitrogens is 3. The van der Waals surface area contributed by atoms with E-state index < -0.39 is 30.4 Å². The van der Waals surface area contributed by atoms with Crippen LogP contribution in [0.5, 0.6) is 0 Å². The summed E-state index contributed by atoms with van der Waals surface area (Å²) >= 11 is 0. The molecule has 3 N–H and O–H groups in total. The van der Waals surface area contributed by atoms with E-state index in [9.17, 15) is 10.2 Å². The zero-order valence-electron chi connectivity index (χ0n) is 8.42. The molecule has 0 saturated carbocycles. The number of aliphatic hydroxyl groups is 3. The van der Waals surface area contributed by atoms with E-state index in [1.807, 2.05) is 0 Å². The van der Waals surface area contributed by atoms with Crippen molar-refractivity contribution in [1.29, 1.82) is 0 Å². The van der Waals surface area contributed by atoms with Crippen molar-refractivity contribution in [3.05, 3.63) is 12.4 Å². The van der Waals surface area contributed by atoms with Crippen LogP contribution in [0.15, 0.2) is 12.4 Å². The Morgan fingerprint density at radius 1 is 1.38 bits per heavy atom. The molecule has 2 rings (SSSR count). The molecule has 1 saturated heterocycles. The van der Waals surface area contributed by atoms with Gasteiger partial charge in [0, 0.05) is 12.2 Å². The number of rotatable bonds is 2. The highest BCUT2D eigenvalue weighted by Gasteiger charge is 2.43. The summed E-state index contributed by atoms with van der Waals surface area (Å²) in [5, 5.41) is 36.0. The van der Waals surface area contributed by atoms with Gasteiger partial charge >= 0.3 is 0 Å².